The molecule has 0 aromatic heterocycles. The molecule has 7 nitrogen and oxygen atoms in total. The van der Waals surface area contributed by atoms with Gasteiger partial charge in [-0.15, -0.1) is 0 Å². The Labute approximate surface area is 172 Å². The summed E-state index contributed by atoms with van der Waals surface area (Å²) in [5.41, 5.74) is 0.969. The minimum Gasteiger partial charge on any atom is -0.341 e. The number of carbonyl (C=O) groups is 2. The van der Waals surface area contributed by atoms with E-state index in [4.69, 9.17) is 0 Å². The van der Waals surface area contributed by atoms with Gasteiger partial charge in [-0.05, 0) is 29.7 Å². The van der Waals surface area contributed by atoms with Gasteiger partial charge >= 0.3 is 0 Å². The van der Waals surface area contributed by atoms with E-state index in [1.54, 1.807) is 36.4 Å². The highest BCUT2D eigenvalue weighted by molar-refractivity contribution is 7.89. The van der Waals surface area contributed by atoms with Gasteiger partial charge in [0.2, 0.25) is 15.9 Å². The number of rotatable bonds is 8. The van der Waals surface area contributed by atoms with E-state index in [1.807, 2.05) is 19.9 Å². The van der Waals surface area contributed by atoms with Crippen molar-refractivity contribution in [1.29, 1.82) is 0 Å². The highest BCUT2D eigenvalue weighted by Crippen LogP contribution is 2.21. The number of anilines is 1. The van der Waals surface area contributed by atoms with Gasteiger partial charge in [0.15, 0.2) is 0 Å². The van der Waals surface area contributed by atoms with E-state index in [9.17, 15) is 18.0 Å². The second-order valence-electron chi connectivity index (χ2n) is 7.31. The summed E-state index contributed by atoms with van der Waals surface area (Å²) in [5, 5.41) is 5.48. The third kappa shape index (κ3) is 6.13. The van der Waals surface area contributed by atoms with Crippen molar-refractivity contribution >= 4 is 27.5 Å². The minimum atomic E-state index is -3.63. The van der Waals surface area contributed by atoms with Crippen LogP contribution in [0.2, 0.25) is 0 Å². The molecule has 0 radical (unpaired) electrons. The van der Waals surface area contributed by atoms with Crippen LogP contribution in [-0.2, 0) is 19.6 Å². The van der Waals surface area contributed by atoms with Gasteiger partial charge in [-0.3, -0.25) is 9.59 Å². The number of hydrogen-bond donors (Lipinski definition) is 2. The van der Waals surface area contributed by atoms with E-state index >= 15 is 0 Å². The van der Waals surface area contributed by atoms with Gasteiger partial charge in [0.25, 0.3) is 5.91 Å². The van der Waals surface area contributed by atoms with Crippen LogP contribution in [0.25, 0.3) is 0 Å². The molecule has 0 fully saturated rings. The normalized spacial score (nSPS) is 12.6. The molecule has 1 unspecified atom stereocenters. The summed E-state index contributed by atoms with van der Waals surface area (Å²) >= 11 is 0. The molecule has 0 heterocycles. The maximum Gasteiger partial charge on any atom is 0.251 e. The molecule has 29 heavy (non-hydrogen) atoms. The first-order chi connectivity index (χ1) is 13.6. The van der Waals surface area contributed by atoms with E-state index in [-0.39, 0.29) is 16.7 Å². The highest BCUT2D eigenvalue weighted by atomic mass is 32.2. The molecule has 0 saturated heterocycles. The predicted molar refractivity (Wildman–Crippen MR) is 113 cm³/mol. The fourth-order valence-corrected chi connectivity index (χ4v) is 3.64. The summed E-state index contributed by atoms with van der Waals surface area (Å²) in [6, 6.07) is 14.0. The van der Waals surface area contributed by atoms with E-state index in [2.05, 4.69) is 10.6 Å². The number of hydrogen-bond acceptors (Lipinski definition) is 4. The Hall–Kier alpha value is -2.71. The predicted octanol–water partition coefficient (Wildman–Crippen LogP) is 2.78. The monoisotopic (exact) mass is 417 g/mol. The summed E-state index contributed by atoms with van der Waals surface area (Å²) in [4.78, 5) is 25.3. The third-order valence-electron chi connectivity index (χ3n) is 4.17. The topological polar surface area (TPSA) is 95.6 Å². The van der Waals surface area contributed by atoms with E-state index < -0.39 is 22.0 Å². The van der Waals surface area contributed by atoms with Gasteiger partial charge in [0.1, 0.15) is 6.04 Å². The van der Waals surface area contributed by atoms with E-state index in [0.717, 1.165) is 4.31 Å². The number of sulfonamides is 1. The molecule has 8 heteroatoms. The van der Waals surface area contributed by atoms with Crippen LogP contribution in [0.4, 0.5) is 5.69 Å². The lowest BCUT2D eigenvalue weighted by Gasteiger charge is -2.20. The summed E-state index contributed by atoms with van der Waals surface area (Å²) in [7, 11) is -0.746. The average molecular weight is 418 g/mol. The third-order valence-corrected chi connectivity index (χ3v) is 5.99. The molecule has 156 valence electrons. The smallest absolute Gasteiger partial charge is 0.251 e. The minimum absolute atomic E-state index is 0.0698. The van der Waals surface area contributed by atoms with Crippen molar-refractivity contribution in [2.24, 2.45) is 5.92 Å². The molecule has 2 amide bonds. The molecule has 0 saturated carbocycles. The van der Waals surface area contributed by atoms with Crippen molar-refractivity contribution in [2.75, 3.05) is 19.4 Å². The largest absolute Gasteiger partial charge is 0.341 e. The molecule has 2 rings (SSSR count). The number of nitrogens with one attached hydrogen (secondary N) is 2. The maximum absolute atomic E-state index is 12.9. The van der Waals surface area contributed by atoms with Crippen LogP contribution >= 0.6 is 0 Å². The lowest BCUT2D eigenvalue weighted by molar-refractivity contribution is -0.127. The molecule has 2 aromatic rings. The molecule has 2 aromatic carbocycles. The molecular weight excluding hydrogens is 390 g/mol. The molecule has 0 spiro atoms. The summed E-state index contributed by atoms with van der Waals surface area (Å²) in [6.45, 7) is 3.85. The van der Waals surface area contributed by atoms with Crippen LogP contribution in [0.5, 0.6) is 0 Å². The van der Waals surface area contributed by atoms with E-state index in [0.29, 0.717) is 17.7 Å². The molecule has 0 aliphatic rings. The number of carbonyl (C=O) groups excluding carboxylic acids is 2. The molecule has 1 atom stereocenters. The molecule has 0 bridgehead atoms. The standard InChI is InChI=1S/C21H27N3O4S/c1-15(2)13-19(25)23-20(16-9-6-5-7-10-16)21(26)22-17-11-8-12-18(14-17)29(27,28)24(3)4/h5-12,14-15,20H,13H2,1-4H3,(H,22,26)(H,23,25). The molecular formula is C21H27N3O4S. The van der Waals surface area contributed by atoms with Gasteiger partial charge in [0, 0.05) is 26.2 Å². The van der Waals surface area contributed by atoms with Crippen LogP contribution in [-0.4, -0.2) is 38.6 Å². The first kappa shape index (κ1) is 22.6. The van der Waals surface area contributed by atoms with Crippen molar-refractivity contribution in [2.45, 2.75) is 31.2 Å². The SMILES string of the molecule is CC(C)CC(=O)NC(C(=O)Nc1cccc(S(=O)(=O)N(C)C)c1)c1ccccc1. The number of nitrogens with zero attached hydrogens (tertiary/aromatic N) is 1. The average Bonchev–Trinajstić information content (AvgIpc) is 2.66. The van der Waals surface area contributed by atoms with Crippen LogP contribution in [0, 0.1) is 5.92 Å². The zero-order chi connectivity index (χ0) is 21.6. The van der Waals surface area contributed by atoms with Gasteiger partial charge in [0.05, 0.1) is 4.90 Å². The molecule has 2 N–H and O–H groups in total. The maximum atomic E-state index is 12.9. The van der Waals surface area contributed by atoms with Crippen molar-refractivity contribution in [3.8, 4) is 0 Å². The lowest BCUT2D eigenvalue weighted by Crippen LogP contribution is -2.37. The fourth-order valence-electron chi connectivity index (χ4n) is 2.70. The summed E-state index contributed by atoms with van der Waals surface area (Å²) in [6.07, 6.45) is 0.299. The first-order valence-electron chi connectivity index (χ1n) is 9.29. The second kappa shape index (κ2) is 9.67. The van der Waals surface area contributed by atoms with Crippen molar-refractivity contribution < 1.29 is 18.0 Å². The summed E-state index contributed by atoms with van der Waals surface area (Å²) < 4.78 is 25.8. The Morgan fingerprint density at radius 1 is 1.00 bits per heavy atom. The van der Waals surface area contributed by atoms with Crippen molar-refractivity contribution in [1.82, 2.24) is 9.62 Å². The Morgan fingerprint density at radius 3 is 2.24 bits per heavy atom. The zero-order valence-electron chi connectivity index (χ0n) is 17.0. The highest BCUT2D eigenvalue weighted by Gasteiger charge is 2.24. The van der Waals surface area contributed by atoms with Crippen molar-refractivity contribution in [3.63, 3.8) is 0 Å². The van der Waals surface area contributed by atoms with Gasteiger partial charge in [-0.1, -0.05) is 50.2 Å². The van der Waals surface area contributed by atoms with Gasteiger partial charge in [-0.25, -0.2) is 12.7 Å². The van der Waals surface area contributed by atoms with Gasteiger partial charge in [-0.2, -0.15) is 0 Å². The van der Waals surface area contributed by atoms with Crippen LogP contribution in [0.15, 0.2) is 59.5 Å². The Morgan fingerprint density at radius 2 is 1.66 bits per heavy atom. The lowest BCUT2D eigenvalue weighted by atomic mass is 10.0. The van der Waals surface area contributed by atoms with Crippen LogP contribution in [0.3, 0.4) is 0 Å². The molecule has 0 aliphatic carbocycles. The molecule has 0 aliphatic heterocycles. The first-order valence-corrected chi connectivity index (χ1v) is 10.7. The van der Waals surface area contributed by atoms with E-state index in [1.165, 1.54) is 26.2 Å². The van der Waals surface area contributed by atoms with Crippen LogP contribution in [0.1, 0.15) is 31.9 Å². The second-order valence-corrected chi connectivity index (χ2v) is 9.47. The van der Waals surface area contributed by atoms with Crippen LogP contribution < -0.4 is 10.6 Å². The van der Waals surface area contributed by atoms with Gasteiger partial charge < -0.3 is 10.6 Å². The summed E-state index contributed by atoms with van der Waals surface area (Å²) in [5.74, 6) is -0.525. The zero-order valence-corrected chi connectivity index (χ0v) is 17.9. The quantitative estimate of drug-likeness (QED) is 0.690. The van der Waals surface area contributed by atoms with Crippen molar-refractivity contribution in [3.05, 3.63) is 60.2 Å². The Bertz CT molecular complexity index is 957. The number of benzene rings is 2. The fraction of sp³-hybridized carbons (Fsp3) is 0.333. The Kier molecular flexibility index (Phi) is 7.53. The Balaban J connectivity index is 2.27. The number of amides is 2.